The summed E-state index contributed by atoms with van der Waals surface area (Å²) in [7, 11) is 1.83. The molecule has 2 aromatic rings. The number of sulfonamides is 1. The van der Waals surface area contributed by atoms with Crippen LogP contribution in [0.5, 0.6) is 5.75 Å². The number of carbonyl (C=O) groups is 1. The molecule has 11 nitrogen and oxygen atoms in total. The number of nitrogens with zero attached hydrogens (tertiary/aromatic N) is 4. The Bertz CT molecular complexity index is 1290. The van der Waals surface area contributed by atoms with Crippen molar-refractivity contribution in [1.29, 1.82) is 0 Å². The van der Waals surface area contributed by atoms with Gasteiger partial charge in [-0.15, -0.1) is 0 Å². The van der Waals surface area contributed by atoms with Gasteiger partial charge in [0.25, 0.3) is 0 Å². The van der Waals surface area contributed by atoms with Gasteiger partial charge in [-0.3, -0.25) is 9.69 Å². The Morgan fingerprint density at radius 1 is 1.15 bits per heavy atom. The van der Waals surface area contributed by atoms with Gasteiger partial charge in [-0.2, -0.15) is 4.98 Å². The molecule has 3 N–H and O–H groups in total. The van der Waals surface area contributed by atoms with E-state index in [0.29, 0.717) is 29.1 Å². The zero-order valence-corrected chi connectivity index (χ0v) is 24.5. The molecule has 2 aliphatic rings. The number of hydrogen-bond donors (Lipinski definition) is 3. The number of anilines is 3. The van der Waals surface area contributed by atoms with Crippen LogP contribution in [0, 0.1) is 0 Å². The Morgan fingerprint density at radius 2 is 1.82 bits per heavy atom. The van der Waals surface area contributed by atoms with Gasteiger partial charge in [0.15, 0.2) is 5.82 Å². The maximum Gasteiger partial charge on any atom is 0.236 e. The van der Waals surface area contributed by atoms with Crippen molar-refractivity contribution in [1.82, 2.24) is 24.5 Å². The van der Waals surface area contributed by atoms with Crippen molar-refractivity contribution in [2.24, 2.45) is 0 Å². The lowest BCUT2D eigenvalue weighted by Crippen LogP contribution is -2.48. The second kappa shape index (κ2) is 12.7. The van der Waals surface area contributed by atoms with Crippen molar-refractivity contribution < 1.29 is 17.9 Å². The largest absolute Gasteiger partial charge is 0.495 e. The van der Waals surface area contributed by atoms with Crippen LogP contribution in [0.2, 0.25) is 5.02 Å². The van der Waals surface area contributed by atoms with E-state index in [0.717, 1.165) is 57.3 Å². The molecule has 2 atom stereocenters. The van der Waals surface area contributed by atoms with Gasteiger partial charge in [0.05, 0.1) is 31.8 Å². The third-order valence-corrected chi connectivity index (χ3v) is 8.23. The number of fused-ring (bicyclic) bond motifs is 1. The molecular weight excluding hydrogens is 542 g/mol. The Kier molecular flexibility index (Phi) is 9.52. The number of ether oxygens (including phenoxy) is 1. The van der Waals surface area contributed by atoms with E-state index in [1.807, 2.05) is 6.07 Å². The van der Waals surface area contributed by atoms with Crippen molar-refractivity contribution in [3.05, 3.63) is 34.5 Å². The van der Waals surface area contributed by atoms with E-state index in [1.165, 1.54) is 23.6 Å². The van der Waals surface area contributed by atoms with Crippen LogP contribution < -0.4 is 20.1 Å². The quantitative estimate of drug-likeness (QED) is 0.410. The molecule has 1 aromatic heterocycles. The molecule has 1 fully saturated rings. The lowest BCUT2D eigenvalue weighted by molar-refractivity contribution is -0.129. The van der Waals surface area contributed by atoms with E-state index in [2.05, 4.69) is 36.3 Å². The van der Waals surface area contributed by atoms with E-state index in [4.69, 9.17) is 16.3 Å². The molecule has 0 radical (unpaired) electrons. The van der Waals surface area contributed by atoms with Crippen LogP contribution in [0.4, 0.5) is 17.5 Å². The van der Waals surface area contributed by atoms with Crippen molar-refractivity contribution in [2.75, 3.05) is 57.7 Å². The van der Waals surface area contributed by atoms with E-state index < -0.39 is 10.0 Å². The highest BCUT2D eigenvalue weighted by molar-refractivity contribution is 7.88. The van der Waals surface area contributed by atoms with Gasteiger partial charge in [-0.05, 0) is 48.9 Å². The molecule has 0 spiro atoms. The van der Waals surface area contributed by atoms with Gasteiger partial charge in [0, 0.05) is 39.3 Å². The van der Waals surface area contributed by atoms with Crippen LogP contribution in [0.25, 0.3) is 0 Å². The summed E-state index contributed by atoms with van der Waals surface area (Å²) in [6.07, 6.45) is 7.81. The molecule has 1 aromatic carbocycles. The molecule has 1 aliphatic carbocycles. The summed E-state index contributed by atoms with van der Waals surface area (Å²) in [5.41, 5.74) is 3.11. The Morgan fingerprint density at radius 3 is 2.46 bits per heavy atom. The predicted molar refractivity (Wildman–Crippen MR) is 154 cm³/mol. The number of benzene rings is 1. The number of aromatic nitrogens is 2. The van der Waals surface area contributed by atoms with Crippen LogP contribution in [-0.2, 0) is 27.7 Å². The Balaban J connectivity index is 1.51. The minimum atomic E-state index is -3.34. The molecule has 2 heterocycles. The molecule has 39 heavy (non-hydrogen) atoms. The number of likely N-dealkylation sites (N-methyl/N-ethyl adjacent to an activating group) is 1. The summed E-state index contributed by atoms with van der Waals surface area (Å²) in [6.45, 7) is 1.99. The number of rotatable bonds is 9. The standard InChI is InChI=1S/C26H38ClN7O4S/c1-33(2)24(35)16-34-11-9-17-13-22(23(38-3)14-18(17)10-12-34)30-26-28-15-19(27)25(31-26)29-20-7-5-6-8-21(20)32-39(4,36)37/h13-15,20-21,32H,5-12,16H2,1-4H3,(H2,28,29,30,31)/t20-,21?/m1/s1. The fourth-order valence-electron chi connectivity index (χ4n) is 5.10. The first-order valence-corrected chi connectivity index (χ1v) is 15.4. The van der Waals surface area contributed by atoms with Gasteiger partial charge in [-0.1, -0.05) is 24.4 Å². The second-order valence-corrected chi connectivity index (χ2v) is 12.6. The average Bonchev–Trinajstić information content (AvgIpc) is 3.07. The predicted octanol–water partition coefficient (Wildman–Crippen LogP) is 2.64. The zero-order chi connectivity index (χ0) is 28.2. The third-order valence-electron chi connectivity index (χ3n) is 7.22. The summed E-state index contributed by atoms with van der Waals surface area (Å²) in [5.74, 6) is 1.55. The maximum atomic E-state index is 12.2. The number of amides is 1. The molecule has 1 aliphatic heterocycles. The highest BCUT2D eigenvalue weighted by atomic mass is 35.5. The number of nitrogens with one attached hydrogen (secondary N) is 3. The smallest absolute Gasteiger partial charge is 0.236 e. The Hall–Kier alpha value is -2.67. The highest BCUT2D eigenvalue weighted by Crippen LogP contribution is 2.33. The molecule has 4 rings (SSSR count). The number of hydrogen-bond acceptors (Lipinski definition) is 9. The molecule has 1 unspecified atom stereocenters. The van der Waals surface area contributed by atoms with Gasteiger partial charge >= 0.3 is 0 Å². The molecule has 0 bridgehead atoms. The normalized spacial score (nSPS) is 20.0. The van der Waals surface area contributed by atoms with Gasteiger partial charge in [0.2, 0.25) is 21.9 Å². The second-order valence-electron chi connectivity index (χ2n) is 10.4. The topological polar surface area (TPSA) is 129 Å². The van der Waals surface area contributed by atoms with Crippen molar-refractivity contribution in [2.45, 2.75) is 50.6 Å². The molecular formula is C26H38ClN7O4S. The molecule has 1 amide bonds. The minimum absolute atomic E-state index is 0.0943. The molecule has 13 heteroatoms. The molecule has 0 saturated heterocycles. The third kappa shape index (κ3) is 7.93. The minimum Gasteiger partial charge on any atom is -0.495 e. The average molecular weight is 580 g/mol. The summed E-state index contributed by atoms with van der Waals surface area (Å²) in [6, 6.07) is 3.71. The first-order chi connectivity index (χ1) is 18.5. The number of methoxy groups -OCH3 is 1. The van der Waals surface area contributed by atoms with Crippen molar-refractivity contribution in [3.63, 3.8) is 0 Å². The van der Waals surface area contributed by atoms with Gasteiger partial charge < -0.3 is 20.3 Å². The van der Waals surface area contributed by atoms with Crippen LogP contribution in [0.3, 0.4) is 0 Å². The van der Waals surface area contributed by atoms with Crippen LogP contribution in [0.15, 0.2) is 18.3 Å². The first-order valence-electron chi connectivity index (χ1n) is 13.2. The molecule has 214 valence electrons. The monoisotopic (exact) mass is 579 g/mol. The summed E-state index contributed by atoms with van der Waals surface area (Å²) in [5, 5.41) is 6.97. The van der Waals surface area contributed by atoms with E-state index in [1.54, 1.807) is 26.1 Å². The van der Waals surface area contributed by atoms with Crippen molar-refractivity contribution >= 4 is 45.0 Å². The van der Waals surface area contributed by atoms with Crippen molar-refractivity contribution in [3.8, 4) is 5.75 Å². The SMILES string of the molecule is COc1cc2c(cc1Nc1ncc(Cl)c(N[C@@H]3CCCCC3NS(C)(=O)=O)n1)CCN(CC(=O)N(C)C)CC2. The zero-order valence-electron chi connectivity index (χ0n) is 23.0. The first kappa shape index (κ1) is 29.3. The Labute approximate surface area is 235 Å². The van der Waals surface area contributed by atoms with Gasteiger partial charge in [0.1, 0.15) is 10.8 Å². The maximum absolute atomic E-state index is 12.2. The van der Waals surface area contributed by atoms with Crippen LogP contribution in [0.1, 0.15) is 36.8 Å². The number of carbonyl (C=O) groups excluding carboxylic acids is 1. The number of halogens is 1. The lowest BCUT2D eigenvalue weighted by atomic mass is 9.91. The summed E-state index contributed by atoms with van der Waals surface area (Å²) >= 11 is 6.43. The highest BCUT2D eigenvalue weighted by Gasteiger charge is 2.28. The fourth-order valence-corrected chi connectivity index (χ4v) is 6.08. The van der Waals surface area contributed by atoms with E-state index >= 15 is 0 Å². The molecule has 1 saturated carbocycles. The van der Waals surface area contributed by atoms with E-state index in [-0.39, 0.29) is 18.0 Å². The summed E-state index contributed by atoms with van der Waals surface area (Å²) in [4.78, 5) is 25.0. The lowest BCUT2D eigenvalue weighted by Gasteiger charge is -2.32. The fraction of sp³-hybridized carbons (Fsp3) is 0.577. The van der Waals surface area contributed by atoms with Crippen LogP contribution in [-0.4, -0.2) is 93.3 Å². The summed E-state index contributed by atoms with van der Waals surface area (Å²) < 4.78 is 32.2. The van der Waals surface area contributed by atoms with E-state index in [9.17, 15) is 13.2 Å². The van der Waals surface area contributed by atoms with Crippen LogP contribution >= 0.6 is 11.6 Å². The van der Waals surface area contributed by atoms with Gasteiger partial charge in [-0.25, -0.2) is 18.1 Å².